The summed E-state index contributed by atoms with van der Waals surface area (Å²) in [7, 11) is 1.29. The van der Waals surface area contributed by atoms with Crippen molar-refractivity contribution in [2.24, 2.45) is 0 Å². The van der Waals surface area contributed by atoms with Gasteiger partial charge in [0.25, 0.3) is 0 Å². The number of fused-ring (bicyclic) bond motifs is 1. The lowest BCUT2D eigenvalue weighted by Crippen LogP contribution is -2.07. The molecule has 0 heterocycles. The van der Waals surface area contributed by atoms with Crippen molar-refractivity contribution in [1.29, 1.82) is 0 Å². The molecule has 3 nitrogen and oxygen atoms in total. The van der Waals surface area contributed by atoms with Crippen LogP contribution in [0.15, 0.2) is 36.4 Å². The third-order valence-corrected chi connectivity index (χ3v) is 2.36. The number of hydrogen-bond donors (Lipinski definition) is 0. The second-order valence-electron chi connectivity index (χ2n) is 3.54. The number of methoxy groups -OCH3 is 1. The van der Waals surface area contributed by atoms with Crippen LogP contribution in [0.5, 0.6) is 5.75 Å². The zero-order chi connectivity index (χ0) is 11.5. The number of benzene rings is 2. The predicted molar refractivity (Wildman–Crippen MR) is 61.7 cm³/mol. The van der Waals surface area contributed by atoms with E-state index in [-0.39, 0.29) is 0 Å². The molecule has 0 unspecified atom stereocenters. The van der Waals surface area contributed by atoms with Crippen LogP contribution in [0, 0.1) is 6.92 Å². The summed E-state index contributed by atoms with van der Waals surface area (Å²) in [5.41, 5.74) is 1.12. The van der Waals surface area contributed by atoms with Crippen LogP contribution >= 0.6 is 0 Å². The highest BCUT2D eigenvalue weighted by atomic mass is 16.7. The van der Waals surface area contributed by atoms with Crippen molar-refractivity contribution in [3.8, 4) is 5.75 Å². The van der Waals surface area contributed by atoms with E-state index < -0.39 is 6.16 Å². The van der Waals surface area contributed by atoms with Crippen molar-refractivity contribution in [1.82, 2.24) is 0 Å². The van der Waals surface area contributed by atoms with Gasteiger partial charge in [0, 0.05) is 5.39 Å². The summed E-state index contributed by atoms with van der Waals surface area (Å²) >= 11 is 0. The summed E-state index contributed by atoms with van der Waals surface area (Å²) in [6.07, 6.45) is -0.700. The molecule has 0 bridgehead atoms. The second-order valence-corrected chi connectivity index (χ2v) is 3.54. The first-order valence-corrected chi connectivity index (χ1v) is 4.96. The number of ether oxygens (including phenoxy) is 2. The number of carbonyl (C=O) groups excluding carboxylic acids is 1. The summed E-state index contributed by atoms with van der Waals surface area (Å²) < 4.78 is 9.54. The van der Waals surface area contributed by atoms with Crippen molar-refractivity contribution in [2.75, 3.05) is 7.11 Å². The van der Waals surface area contributed by atoms with Crippen LogP contribution in [0.1, 0.15) is 5.56 Å². The van der Waals surface area contributed by atoms with Gasteiger partial charge in [-0.2, -0.15) is 0 Å². The zero-order valence-corrected chi connectivity index (χ0v) is 9.19. The van der Waals surface area contributed by atoms with Gasteiger partial charge in [-0.1, -0.05) is 29.8 Å². The van der Waals surface area contributed by atoms with Crippen LogP contribution in [0.2, 0.25) is 0 Å². The fourth-order valence-corrected chi connectivity index (χ4v) is 1.58. The summed E-state index contributed by atoms with van der Waals surface area (Å²) in [5, 5.41) is 1.94. The molecule has 0 aliphatic heterocycles. The Hall–Kier alpha value is -2.03. The predicted octanol–water partition coefficient (Wildman–Crippen LogP) is 3.29. The normalized spacial score (nSPS) is 10.1. The van der Waals surface area contributed by atoms with E-state index in [2.05, 4.69) is 4.74 Å². The molecule has 0 amide bonds. The topological polar surface area (TPSA) is 35.5 Å². The Morgan fingerprint density at radius 2 is 2.00 bits per heavy atom. The minimum Gasteiger partial charge on any atom is -0.437 e. The highest BCUT2D eigenvalue weighted by molar-refractivity contribution is 5.90. The van der Waals surface area contributed by atoms with Crippen molar-refractivity contribution in [2.45, 2.75) is 6.92 Å². The van der Waals surface area contributed by atoms with Gasteiger partial charge in [-0.05, 0) is 24.4 Å². The van der Waals surface area contributed by atoms with E-state index in [1.54, 1.807) is 6.07 Å². The van der Waals surface area contributed by atoms with Crippen LogP contribution < -0.4 is 4.74 Å². The maximum Gasteiger partial charge on any atom is 0.513 e. The average molecular weight is 216 g/mol. The van der Waals surface area contributed by atoms with E-state index in [4.69, 9.17) is 4.74 Å². The van der Waals surface area contributed by atoms with E-state index in [1.165, 1.54) is 7.11 Å². The molecule has 0 radical (unpaired) electrons. The van der Waals surface area contributed by atoms with Crippen molar-refractivity contribution in [3.05, 3.63) is 42.0 Å². The highest BCUT2D eigenvalue weighted by Gasteiger charge is 2.07. The Balaban J connectivity index is 2.52. The molecule has 2 aromatic carbocycles. The van der Waals surface area contributed by atoms with E-state index in [0.29, 0.717) is 5.75 Å². The standard InChI is InChI=1S/C13H12O3/c1-9-6-7-10-4-3-5-12(11(10)8-9)16-13(14)15-2/h3-8H,1-2H3. The van der Waals surface area contributed by atoms with E-state index in [9.17, 15) is 4.79 Å². The number of aryl methyl sites for hydroxylation is 1. The number of carbonyl (C=O) groups is 1. The maximum absolute atomic E-state index is 11.1. The molecule has 0 saturated heterocycles. The Morgan fingerprint density at radius 3 is 2.75 bits per heavy atom. The van der Waals surface area contributed by atoms with Crippen LogP contribution in [0.25, 0.3) is 10.8 Å². The molecule has 0 aliphatic rings. The van der Waals surface area contributed by atoms with Gasteiger partial charge >= 0.3 is 6.16 Å². The SMILES string of the molecule is COC(=O)Oc1cccc2ccc(C)cc12. The van der Waals surface area contributed by atoms with E-state index in [1.807, 2.05) is 37.3 Å². The lowest BCUT2D eigenvalue weighted by Gasteiger charge is -2.07. The van der Waals surface area contributed by atoms with E-state index in [0.717, 1.165) is 16.3 Å². The molecule has 0 N–H and O–H groups in total. The molecule has 0 fully saturated rings. The van der Waals surface area contributed by atoms with Crippen molar-refractivity contribution in [3.63, 3.8) is 0 Å². The largest absolute Gasteiger partial charge is 0.513 e. The molecule has 0 saturated carbocycles. The molecule has 3 heteroatoms. The fourth-order valence-electron chi connectivity index (χ4n) is 1.58. The molecule has 2 aromatic rings. The van der Waals surface area contributed by atoms with E-state index >= 15 is 0 Å². The molecule has 0 spiro atoms. The maximum atomic E-state index is 11.1. The lowest BCUT2D eigenvalue weighted by molar-refractivity contribution is 0.122. The minimum absolute atomic E-state index is 0.521. The van der Waals surface area contributed by atoms with Crippen LogP contribution in [0.3, 0.4) is 0 Å². The summed E-state index contributed by atoms with van der Waals surface area (Å²) in [6, 6.07) is 11.6. The van der Waals surface area contributed by atoms with Gasteiger partial charge in [0.05, 0.1) is 7.11 Å². The van der Waals surface area contributed by atoms with Gasteiger partial charge in [0.2, 0.25) is 0 Å². The Morgan fingerprint density at radius 1 is 1.19 bits per heavy atom. The summed E-state index contributed by atoms with van der Waals surface area (Å²) in [4.78, 5) is 11.1. The zero-order valence-electron chi connectivity index (χ0n) is 9.19. The Labute approximate surface area is 93.6 Å². The Kier molecular flexibility index (Phi) is 2.77. The molecule has 16 heavy (non-hydrogen) atoms. The molecule has 0 atom stereocenters. The molecule has 82 valence electrons. The number of rotatable bonds is 1. The molecule has 2 rings (SSSR count). The number of hydrogen-bond acceptors (Lipinski definition) is 3. The highest BCUT2D eigenvalue weighted by Crippen LogP contribution is 2.26. The first kappa shape index (κ1) is 10.5. The quantitative estimate of drug-likeness (QED) is 0.542. The van der Waals surface area contributed by atoms with Gasteiger partial charge in [-0.3, -0.25) is 0 Å². The Bertz CT molecular complexity index is 532. The molecule has 0 aromatic heterocycles. The third kappa shape index (κ3) is 1.98. The monoisotopic (exact) mass is 216 g/mol. The first-order valence-electron chi connectivity index (χ1n) is 4.96. The lowest BCUT2D eigenvalue weighted by atomic mass is 10.1. The van der Waals surface area contributed by atoms with Crippen molar-refractivity contribution < 1.29 is 14.3 Å². The van der Waals surface area contributed by atoms with Gasteiger partial charge in [0.1, 0.15) is 5.75 Å². The van der Waals surface area contributed by atoms with Gasteiger partial charge in [-0.25, -0.2) is 4.79 Å². The smallest absolute Gasteiger partial charge is 0.437 e. The third-order valence-electron chi connectivity index (χ3n) is 2.36. The molecular weight excluding hydrogens is 204 g/mol. The van der Waals surface area contributed by atoms with Gasteiger partial charge < -0.3 is 9.47 Å². The average Bonchev–Trinajstić information content (AvgIpc) is 2.29. The second kappa shape index (κ2) is 4.23. The summed E-state index contributed by atoms with van der Waals surface area (Å²) in [5.74, 6) is 0.521. The van der Waals surface area contributed by atoms with Crippen LogP contribution in [0.4, 0.5) is 4.79 Å². The van der Waals surface area contributed by atoms with Crippen LogP contribution in [-0.2, 0) is 4.74 Å². The van der Waals surface area contributed by atoms with Crippen LogP contribution in [-0.4, -0.2) is 13.3 Å². The minimum atomic E-state index is -0.700. The van der Waals surface area contributed by atoms with Gasteiger partial charge in [-0.15, -0.1) is 0 Å². The first-order chi connectivity index (χ1) is 7.70. The summed E-state index contributed by atoms with van der Waals surface area (Å²) in [6.45, 7) is 1.99. The van der Waals surface area contributed by atoms with Gasteiger partial charge in [0.15, 0.2) is 0 Å². The van der Waals surface area contributed by atoms with Crippen molar-refractivity contribution >= 4 is 16.9 Å². The molecule has 0 aliphatic carbocycles. The fraction of sp³-hybridized carbons (Fsp3) is 0.154. The molecular formula is C13H12O3.